The van der Waals surface area contributed by atoms with Crippen LogP contribution >= 0.6 is 34.7 Å². The van der Waals surface area contributed by atoms with Crippen molar-refractivity contribution >= 4 is 57.5 Å². The maximum Gasteiger partial charge on any atom is 0.341 e. The number of nitrogens with one attached hydrogen (secondary N) is 2. The first-order valence-corrected chi connectivity index (χ1v) is 15.6. The van der Waals surface area contributed by atoms with Gasteiger partial charge in [0.1, 0.15) is 16.6 Å². The van der Waals surface area contributed by atoms with Crippen LogP contribution in [-0.2, 0) is 33.7 Å². The van der Waals surface area contributed by atoms with Gasteiger partial charge in [0.05, 0.1) is 24.5 Å². The maximum atomic E-state index is 13.7. The molecule has 0 saturated carbocycles. The van der Waals surface area contributed by atoms with Crippen LogP contribution in [-0.4, -0.2) is 51.5 Å². The maximum absolute atomic E-state index is 13.7. The molecule has 0 aliphatic heterocycles. The minimum Gasteiger partial charge on any atom is -0.484 e. The molecule has 4 aromatic rings. The van der Waals surface area contributed by atoms with Crippen LogP contribution in [0.25, 0.3) is 5.69 Å². The average Bonchev–Trinajstić information content (AvgIpc) is 3.70. The van der Waals surface area contributed by atoms with Crippen LogP contribution in [0.2, 0.25) is 5.02 Å². The van der Waals surface area contributed by atoms with E-state index in [0.29, 0.717) is 38.0 Å². The van der Waals surface area contributed by atoms with Crippen molar-refractivity contribution in [3.8, 4) is 11.4 Å². The monoisotopic (exact) mass is 643 g/mol. The van der Waals surface area contributed by atoms with E-state index < -0.39 is 17.7 Å². The number of carbonyl (C=O) groups excluding carboxylic acids is 3. The first-order chi connectivity index (χ1) is 20.8. The van der Waals surface area contributed by atoms with Gasteiger partial charge in [-0.25, -0.2) is 9.18 Å². The highest BCUT2D eigenvalue weighted by Crippen LogP contribution is 2.39. The van der Waals surface area contributed by atoms with Crippen LogP contribution < -0.4 is 15.4 Å². The molecule has 1 aliphatic rings. The Morgan fingerprint density at radius 1 is 1.07 bits per heavy atom. The first-order valence-electron chi connectivity index (χ1n) is 13.4. The number of thiophene rings is 1. The van der Waals surface area contributed by atoms with E-state index in [-0.39, 0.29) is 31.4 Å². The molecule has 2 aromatic heterocycles. The summed E-state index contributed by atoms with van der Waals surface area (Å²) in [5.74, 6) is -0.756. The summed E-state index contributed by atoms with van der Waals surface area (Å²) in [5, 5.41) is 15.4. The van der Waals surface area contributed by atoms with Crippen molar-refractivity contribution in [3.05, 3.63) is 81.2 Å². The molecule has 0 fully saturated rings. The Morgan fingerprint density at radius 3 is 2.58 bits per heavy atom. The molecule has 43 heavy (non-hydrogen) atoms. The normalized spacial score (nSPS) is 12.1. The summed E-state index contributed by atoms with van der Waals surface area (Å²) in [5.41, 5.74) is 1.94. The lowest BCUT2D eigenvalue weighted by Gasteiger charge is -2.12. The van der Waals surface area contributed by atoms with Crippen molar-refractivity contribution in [1.29, 1.82) is 0 Å². The highest BCUT2D eigenvalue weighted by molar-refractivity contribution is 7.99. The van der Waals surface area contributed by atoms with Gasteiger partial charge in [-0.3, -0.25) is 14.2 Å². The number of thioether (sulfide) groups is 1. The lowest BCUT2D eigenvalue weighted by atomic mass is 10.1. The molecule has 224 valence electrons. The van der Waals surface area contributed by atoms with Gasteiger partial charge >= 0.3 is 5.97 Å². The van der Waals surface area contributed by atoms with Gasteiger partial charge < -0.3 is 20.1 Å². The second kappa shape index (κ2) is 14.0. The van der Waals surface area contributed by atoms with E-state index in [1.54, 1.807) is 47.9 Å². The zero-order valence-corrected chi connectivity index (χ0v) is 25.4. The number of benzene rings is 2. The summed E-state index contributed by atoms with van der Waals surface area (Å²) in [6.07, 6.45) is 2.61. The molecular formula is C29H27ClFN5O5S2. The molecule has 0 bridgehead atoms. The van der Waals surface area contributed by atoms with Crippen LogP contribution in [0.15, 0.2) is 53.7 Å². The predicted molar refractivity (Wildman–Crippen MR) is 162 cm³/mol. The Labute approximate surface area is 259 Å². The second-order valence-electron chi connectivity index (χ2n) is 9.35. The molecule has 14 heteroatoms. The summed E-state index contributed by atoms with van der Waals surface area (Å²) in [6, 6.07) is 12.3. The van der Waals surface area contributed by atoms with Crippen LogP contribution in [0.3, 0.4) is 0 Å². The molecular weight excluding hydrogens is 617 g/mol. The van der Waals surface area contributed by atoms with Gasteiger partial charge in [0.25, 0.3) is 5.91 Å². The highest BCUT2D eigenvalue weighted by Gasteiger charge is 2.28. The Hall–Kier alpha value is -3.94. The number of esters is 1. The van der Waals surface area contributed by atoms with E-state index in [1.807, 2.05) is 0 Å². The van der Waals surface area contributed by atoms with E-state index in [2.05, 4.69) is 20.8 Å². The van der Waals surface area contributed by atoms with Gasteiger partial charge in [0.15, 0.2) is 17.6 Å². The largest absolute Gasteiger partial charge is 0.484 e. The first kappa shape index (κ1) is 30.5. The fraction of sp³-hybridized carbons (Fsp3) is 0.276. The average molecular weight is 644 g/mol. The minimum atomic E-state index is -0.439. The second-order valence-corrected chi connectivity index (χ2v) is 11.8. The highest BCUT2D eigenvalue weighted by atomic mass is 35.5. The van der Waals surface area contributed by atoms with Gasteiger partial charge in [-0.2, -0.15) is 0 Å². The number of anilines is 1. The topological polar surface area (TPSA) is 124 Å². The number of carbonyl (C=O) groups is 3. The van der Waals surface area contributed by atoms with Gasteiger partial charge in [0.2, 0.25) is 5.91 Å². The molecule has 1 aliphatic carbocycles. The molecule has 5 rings (SSSR count). The molecule has 2 heterocycles. The van der Waals surface area contributed by atoms with Crippen molar-refractivity contribution < 1.29 is 28.2 Å². The molecule has 0 saturated heterocycles. The van der Waals surface area contributed by atoms with Crippen molar-refractivity contribution in [1.82, 2.24) is 20.1 Å². The Balaban J connectivity index is 1.26. The molecule has 2 amide bonds. The van der Waals surface area contributed by atoms with E-state index in [1.165, 1.54) is 23.5 Å². The number of aryl methyl sites for hydroxylation is 1. The molecule has 2 N–H and O–H groups in total. The molecule has 0 radical (unpaired) electrons. The molecule has 0 spiro atoms. The van der Waals surface area contributed by atoms with Crippen molar-refractivity contribution in [2.24, 2.45) is 0 Å². The van der Waals surface area contributed by atoms with Crippen LogP contribution in [0.1, 0.15) is 40.0 Å². The minimum absolute atomic E-state index is 0.00356. The predicted octanol–water partition coefficient (Wildman–Crippen LogP) is 5.21. The number of rotatable bonds is 12. The number of fused-ring (bicyclic) bond motifs is 1. The zero-order chi connectivity index (χ0) is 30.3. The number of aromatic nitrogens is 3. The van der Waals surface area contributed by atoms with E-state index in [4.69, 9.17) is 21.1 Å². The standard InChI is InChI=1S/C29H27ClFN5O5S2/c1-2-40-28(39)26-21-4-3-5-22(21)43-27(26)33-25(38)16-42-29-35-34-23(36(29)19-10-8-18(31)9-11-19)14-32-24(37)15-41-20-12-6-17(30)7-13-20/h6-13H,2-5,14-16H2,1H3,(H,32,37)(H,33,38). The number of amides is 2. The fourth-order valence-electron chi connectivity index (χ4n) is 4.47. The van der Waals surface area contributed by atoms with Crippen molar-refractivity contribution in [2.75, 3.05) is 24.3 Å². The molecule has 0 unspecified atom stereocenters. The van der Waals surface area contributed by atoms with E-state index >= 15 is 0 Å². The number of ether oxygens (including phenoxy) is 2. The van der Waals surface area contributed by atoms with Crippen molar-refractivity contribution in [3.63, 3.8) is 0 Å². The summed E-state index contributed by atoms with van der Waals surface area (Å²) in [7, 11) is 0. The smallest absolute Gasteiger partial charge is 0.341 e. The molecule has 2 aromatic carbocycles. The van der Waals surface area contributed by atoms with Gasteiger partial charge in [-0.15, -0.1) is 21.5 Å². The third kappa shape index (κ3) is 7.53. The number of hydrogen-bond donors (Lipinski definition) is 2. The number of hydrogen-bond acceptors (Lipinski definition) is 9. The third-order valence-corrected chi connectivity index (χ3v) is 8.79. The number of nitrogens with zero attached hydrogens (tertiary/aromatic N) is 3. The Morgan fingerprint density at radius 2 is 1.84 bits per heavy atom. The molecule has 10 nitrogen and oxygen atoms in total. The molecule has 0 atom stereocenters. The summed E-state index contributed by atoms with van der Waals surface area (Å²) in [6.45, 7) is 1.76. The quantitative estimate of drug-likeness (QED) is 0.159. The lowest BCUT2D eigenvalue weighted by Crippen LogP contribution is -2.29. The number of halogens is 2. The third-order valence-electron chi connectivity index (χ3n) is 6.40. The summed E-state index contributed by atoms with van der Waals surface area (Å²) < 4.78 is 26.0. The van der Waals surface area contributed by atoms with Crippen LogP contribution in [0, 0.1) is 5.82 Å². The van der Waals surface area contributed by atoms with E-state index in [9.17, 15) is 18.8 Å². The van der Waals surface area contributed by atoms with Crippen molar-refractivity contribution in [2.45, 2.75) is 37.9 Å². The van der Waals surface area contributed by atoms with Gasteiger partial charge in [-0.05, 0) is 80.3 Å². The lowest BCUT2D eigenvalue weighted by molar-refractivity contribution is -0.123. The van der Waals surface area contributed by atoms with Gasteiger partial charge in [0, 0.05) is 15.6 Å². The SMILES string of the molecule is CCOC(=O)c1c(NC(=O)CSc2nnc(CNC(=O)COc3ccc(Cl)cc3)n2-c2ccc(F)cc2)sc2c1CCC2. The summed E-state index contributed by atoms with van der Waals surface area (Å²) in [4.78, 5) is 39.2. The summed E-state index contributed by atoms with van der Waals surface area (Å²) >= 11 is 8.39. The Kier molecular flexibility index (Phi) is 9.95. The zero-order valence-electron chi connectivity index (χ0n) is 23.0. The Bertz CT molecular complexity index is 1630. The van der Waals surface area contributed by atoms with E-state index in [0.717, 1.165) is 41.5 Å². The van der Waals surface area contributed by atoms with Gasteiger partial charge in [-0.1, -0.05) is 23.4 Å². The van der Waals surface area contributed by atoms with Crippen LogP contribution in [0.4, 0.5) is 9.39 Å². The van der Waals surface area contributed by atoms with Crippen LogP contribution in [0.5, 0.6) is 5.75 Å². The fourth-order valence-corrected chi connectivity index (χ4v) is 6.66.